The third-order valence-electron chi connectivity index (χ3n) is 6.66. The molecule has 2 aliphatic heterocycles. The summed E-state index contributed by atoms with van der Waals surface area (Å²) in [5.74, 6) is 0.511. The SMILES string of the molecule is O=C(Nc1ccc(-c2ncc3n2CCCC3)cc1)C1CCCN(C(=O)c2ccc(Cl)c(Cl)c2)C1. The van der Waals surface area contributed by atoms with Crippen molar-refractivity contribution in [3.63, 3.8) is 0 Å². The van der Waals surface area contributed by atoms with Crippen LogP contribution < -0.4 is 5.32 Å². The molecule has 1 N–H and O–H groups in total. The predicted molar refractivity (Wildman–Crippen MR) is 134 cm³/mol. The van der Waals surface area contributed by atoms with Gasteiger partial charge < -0.3 is 14.8 Å². The molecule has 0 radical (unpaired) electrons. The molecule has 8 heteroatoms. The predicted octanol–water partition coefficient (Wildman–Crippen LogP) is 5.68. The zero-order valence-corrected chi connectivity index (χ0v) is 20.3. The van der Waals surface area contributed by atoms with E-state index in [9.17, 15) is 9.59 Å². The smallest absolute Gasteiger partial charge is 0.253 e. The average molecular weight is 497 g/mol. The number of fused-ring (bicyclic) bond motifs is 1. The summed E-state index contributed by atoms with van der Waals surface area (Å²) in [6, 6.07) is 12.7. The van der Waals surface area contributed by atoms with E-state index < -0.39 is 0 Å². The number of aromatic nitrogens is 2. The quantitative estimate of drug-likeness (QED) is 0.504. The second kappa shape index (κ2) is 9.80. The maximum atomic E-state index is 13.0. The summed E-state index contributed by atoms with van der Waals surface area (Å²) < 4.78 is 2.29. The highest BCUT2D eigenvalue weighted by atomic mass is 35.5. The molecule has 6 nitrogen and oxygen atoms in total. The van der Waals surface area contributed by atoms with Gasteiger partial charge in [-0.2, -0.15) is 0 Å². The number of amides is 2. The number of anilines is 1. The largest absolute Gasteiger partial charge is 0.338 e. The Balaban J connectivity index is 1.23. The number of piperidine rings is 1. The van der Waals surface area contributed by atoms with E-state index in [0.29, 0.717) is 28.7 Å². The molecule has 1 aromatic heterocycles. The third kappa shape index (κ3) is 4.70. The van der Waals surface area contributed by atoms with Crippen molar-refractivity contribution in [1.29, 1.82) is 0 Å². The van der Waals surface area contributed by atoms with Crippen LogP contribution in [0.2, 0.25) is 10.0 Å². The van der Waals surface area contributed by atoms with Crippen molar-refractivity contribution in [1.82, 2.24) is 14.5 Å². The number of imidazole rings is 1. The number of carbonyl (C=O) groups is 2. The Bertz CT molecular complexity index is 1220. The summed E-state index contributed by atoms with van der Waals surface area (Å²) in [5, 5.41) is 3.78. The number of likely N-dealkylation sites (tertiary alicyclic amines) is 1. The van der Waals surface area contributed by atoms with Crippen LogP contribution in [0.4, 0.5) is 5.69 Å². The maximum Gasteiger partial charge on any atom is 0.253 e. The molecule has 2 aliphatic rings. The number of hydrogen-bond donors (Lipinski definition) is 1. The van der Waals surface area contributed by atoms with E-state index >= 15 is 0 Å². The van der Waals surface area contributed by atoms with Gasteiger partial charge in [0.25, 0.3) is 5.91 Å². The fourth-order valence-electron chi connectivity index (χ4n) is 4.80. The number of carbonyl (C=O) groups excluding carboxylic acids is 2. The van der Waals surface area contributed by atoms with Gasteiger partial charge >= 0.3 is 0 Å². The number of halogens is 2. The summed E-state index contributed by atoms with van der Waals surface area (Å²) in [7, 11) is 0. The molecule has 3 aromatic rings. The van der Waals surface area contributed by atoms with Crippen molar-refractivity contribution in [2.45, 2.75) is 38.6 Å². The first-order valence-electron chi connectivity index (χ1n) is 11.7. The number of hydrogen-bond acceptors (Lipinski definition) is 3. The summed E-state index contributed by atoms with van der Waals surface area (Å²) in [4.78, 5) is 32.2. The van der Waals surface area contributed by atoms with E-state index in [1.165, 1.54) is 18.5 Å². The monoisotopic (exact) mass is 496 g/mol. The lowest BCUT2D eigenvalue weighted by atomic mass is 9.96. The molecule has 176 valence electrons. The van der Waals surface area contributed by atoms with Gasteiger partial charge in [-0.05, 0) is 74.6 Å². The van der Waals surface area contributed by atoms with Crippen molar-refractivity contribution in [2.24, 2.45) is 5.92 Å². The molecule has 3 heterocycles. The average Bonchev–Trinajstić information content (AvgIpc) is 3.30. The lowest BCUT2D eigenvalue weighted by Crippen LogP contribution is -2.43. The number of nitrogens with zero attached hydrogens (tertiary/aromatic N) is 3. The van der Waals surface area contributed by atoms with E-state index in [-0.39, 0.29) is 17.7 Å². The molecule has 34 heavy (non-hydrogen) atoms. The van der Waals surface area contributed by atoms with E-state index in [1.54, 1.807) is 23.1 Å². The van der Waals surface area contributed by atoms with Gasteiger partial charge in [-0.3, -0.25) is 9.59 Å². The van der Waals surface area contributed by atoms with Gasteiger partial charge in [-0.1, -0.05) is 23.2 Å². The standard InChI is InChI=1S/C26H26Cl2N4O2/c27-22-11-8-18(14-23(22)28)26(34)31-12-3-4-19(16-31)25(33)30-20-9-6-17(7-10-20)24-29-15-21-5-1-2-13-32(21)24/h6-11,14-15,19H,1-5,12-13,16H2,(H,30,33). The van der Waals surface area contributed by atoms with Crippen molar-refractivity contribution in [2.75, 3.05) is 18.4 Å². The van der Waals surface area contributed by atoms with Crippen molar-refractivity contribution in [3.05, 3.63) is 70.0 Å². The molecule has 1 unspecified atom stereocenters. The van der Waals surface area contributed by atoms with Gasteiger partial charge in [0.05, 0.1) is 16.0 Å². The minimum Gasteiger partial charge on any atom is -0.338 e. The lowest BCUT2D eigenvalue weighted by Gasteiger charge is -2.32. The van der Waals surface area contributed by atoms with E-state index in [2.05, 4.69) is 14.9 Å². The summed E-state index contributed by atoms with van der Waals surface area (Å²) >= 11 is 12.0. The normalized spacial score (nSPS) is 17.8. The molecule has 2 amide bonds. The van der Waals surface area contributed by atoms with E-state index in [4.69, 9.17) is 23.2 Å². The highest BCUT2D eigenvalue weighted by Crippen LogP contribution is 2.27. The molecule has 5 rings (SSSR count). The Labute approximate surface area is 208 Å². The second-order valence-corrected chi connectivity index (χ2v) is 9.78. The molecule has 0 saturated carbocycles. The highest BCUT2D eigenvalue weighted by molar-refractivity contribution is 6.42. The van der Waals surface area contributed by atoms with Gasteiger partial charge in [0, 0.05) is 48.3 Å². The molecule has 0 bridgehead atoms. The minimum atomic E-state index is -0.264. The van der Waals surface area contributed by atoms with E-state index in [1.807, 2.05) is 30.5 Å². The number of rotatable bonds is 4. The van der Waals surface area contributed by atoms with Crippen LogP contribution >= 0.6 is 23.2 Å². The van der Waals surface area contributed by atoms with Gasteiger partial charge in [0.15, 0.2) is 0 Å². The maximum absolute atomic E-state index is 13.0. The van der Waals surface area contributed by atoms with Crippen LogP contribution in [0.5, 0.6) is 0 Å². The molecule has 0 aliphatic carbocycles. The molecule has 1 saturated heterocycles. The summed E-state index contributed by atoms with van der Waals surface area (Å²) in [6.45, 7) is 2.00. The van der Waals surface area contributed by atoms with Crippen molar-refractivity contribution in [3.8, 4) is 11.4 Å². The van der Waals surface area contributed by atoms with Crippen LogP contribution in [0, 0.1) is 5.92 Å². The Morgan fingerprint density at radius 1 is 0.971 bits per heavy atom. The summed E-state index contributed by atoms with van der Waals surface area (Å²) in [6.07, 6.45) is 6.96. The van der Waals surface area contributed by atoms with Crippen LogP contribution in [0.25, 0.3) is 11.4 Å². The van der Waals surface area contributed by atoms with Gasteiger partial charge in [0.1, 0.15) is 5.82 Å². The summed E-state index contributed by atoms with van der Waals surface area (Å²) in [5.41, 5.74) is 3.55. The number of nitrogens with one attached hydrogen (secondary N) is 1. The Morgan fingerprint density at radius 2 is 1.79 bits per heavy atom. The van der Waals surface area contributed by atoms with Gasteiger partial charge in [-0.25, -0.2) is 4.98 Å². The zero-order chi connectivity index (χ0) is 23.7. The Kier molecular flexibility index (Phi) is 6.61. The van der Waals surface area contributed by atoms with Crippen molar-refractivity contribution >= 4 is 40.7 Å². The second-order valence-electron chi connectivity index (χ2n) is 8.97. The number of benzene rings is 2. The fourth-order valence-corrected chi connectivity index (χ4v) is 5.10. The zero-order valence-electron chi connectivity index (χ0n) is 18.8. The molecular formula is C26H26Cl2N4O2. The van der Waals surface area contributed by atoms with Crippen LogP contribution in [-0.2, 0) is 17.8 Å². The van der Waals surface area contributed by atoms with Crippen LogP contribution in [0.3, 0.4) is 0 Å². The number of aryl methyl sites for hydroxylation is 1. The first-order valence-corrected chi connectivity index (χ1v) is 12.5. The van der Waals surface area contributed by atoms with Gasteiger partial charge in [0.2, 0.25) is 5.91 Å². The van der Waals surface area contributed by atoms with Crippen LogP contribution in [0.15, 0.2) is 48.7 Å². The highest BCUT2D eigenvalue weighted by Gasteiger charge is 2.29. The topological polar surface area (TPSA) is 67.2 Å². The first-order chi connectivity index (χ1) is 16.5. The molecule has 0 spiro atoms. The van der Waals surface area contributed by atoms with E-state index in [0.717, 1.165) is 42.9 Å². The van der Waals surface area contributed by atoms with Crippen LogP contribution in [0.1, 0.15) is 41.7 Å². The lowest BCUT2D eigenvalue weighted by molar-refractivity contribution is -0.121. The molecular weight excluding hydrogens is 471 g/mol. The first kappa shape index (κ1) is 22.9. The molecule has 2 aromatic carbocycles. The Hall–Kier alpha value is -2.83. The third-order valence-corrected chi connectivity index (χ3v) is 7.40. The molecule has 1 atom stereocenters. The van der Waals surface area contributed by atoms with Crippen LogP contribution in [-0.4, -0.2) is 39.4 Å². The van der Waals surface area contributed by atoms with Gasteiger partial charge in [-0.15, -0.1) is 0 Å². The molecule has 1 fully saturated rings. The Morgan fingerprint density at radius 3 is 2.59 bits per heavy atom. The van der Waals surface area contributed by atoms with Crippen molar-refractivity contribution < 1.29 is 9.59 Å². The fraction of sp³-hybridized carbons (Fsp3) is 0.346. The minimum absolute atomic E-state index is 0.0717.